The van der Waals surface area contributed by atoms with Crippen LogP contribution in [0.3, 0.4) is 0 Å². The Balaban J connectivity index is 1.87. The Morgan fingerprint density at radius 3 is 2.38 bits per heavy atom. The minimum Gasteiger partial charge on any atom is -0.390 e. The van der Waals surface area contributed by atoms with E-state index in [0.717, 1.165) is 38.0 Å². The van der Waals surface area contributed by atoms with Crippen molar-refractivity contribution in [3.05, 3.63) is 35.9 Å². The van der Waals surface area contributed by atoms with E-state index in [4.69, 9.17) is 14.2 Å². The summed E-state index contributed by atoms with van der Waals surface area (Å²) >= 11 is 0. The van der Waals surface area contributed by atoms with Crippen molar-refractivity contribution in [2.45, 2.75) is 44.1 Å². The number of rotatable bonds is 12. The SMILES string of the molecule is COCCN(CCOC)CCC1CCC(O)C(C(=O)N(C)Cc2ccccc2)O1. The van der Waals surface area contributed by atoms with Gasteiger partial charge >= 0.3 is 0 Å². The van der Waals surface area contributed by atoms with Crippen LogP contribution in [0.25, 0.3) is 0 Å². The molecule has 1 aromatic rings. The fourth-order valence-electron chi connectivity index (χ4n) is 3.56. The number of aliphatic hydroxyl groups excluding tert-OH is 1. The lowest BCUT2D eigenvalue weighted by Crippen LogP contribution is -2.49. The van der Waals surface area contributed by atoms with E-state index in [1.165, 1.54) is 0 Å². The summed E-state index contributed by atoms with van der Waals surface area (Å²) in [6.45, 7) is 4.33. The molecule has 164 valence electrons. The Kier molecular flexibility index (Phi) is 10.6. The number of nitrogens with zero attached hydrogens (tertiary/aromatic N) is 2. The molecule has 2 rings (SSSR count). The zero-order valence-corrected chi connectivity index (χ0v) is 18.0. The quantitative estimate of drug-likeness (QED) is 0.566. The number of carbonyl (C=O) groups is 1. The Hall–Kier alpha value is -1.51. The largest absolute Gasteiger partial charge is 0.390 e. The molecule has 1 heterocycles. The van der Waals surface area contributed by atoms with E-state index in [-0.39, 0.29) is 12.0 Å². The van der Waals surface area contributed by atoms with E-state index in [1.54, 1.807) is 26.2 Å². The van der Waals surface area contributed by atoms with Crippen LogP contribution in [0, 0.1) is 0 Å². The molecule has 3 atom stereocenters. The predicted molar refractivity (Wildman–Crippen MR) is 112 cm³/mol. The van der Waals surface area contributed by atoms with Crippen LogP contribution in [0.15, 0.2) is 30.3 Å². The van der Waals surface area contributed by atoms with Crippen LogP contribution in [-0.4, -0.2) is 93.2 Å². The topological polar surface area (TPSA) is 71.5 Å². The third-order valence-electron chi connectivity index (χ3n) is 5.35. The molecule has 7 heteroatoms. The fraction of sp³-hybridized carbons (Fsp3) is 0.682. The summed E-state index contributed by atoms with van der Waals surface area (Å²) in [6.07, 6.45) is 0.562. The summed E-state index contributed by atoms with van der Waals surface area (Å²) in [6, 6.07) is 9.83. The second kappa shape index (κ2) is 12.9. The van der Waals surface area contributed by atoms with Gasteiger partial charge < -0.3 is 24.2 Å². The molecule has 0 aromatic heterocycles. The third kappa shape index (κ3) is 8.03. The molecule has 0 bridgehead atoms. The van der Waals surface area contributed by atoms with Crippen molar-refractivity contribution in [3.63, 3.8) is 0 Å². The predicted octanol–water partition coefficient (Wildman–Crippen LogP) is 1.54. The first kappa shape index (κ1) is 23.8. The van der Waals surface area contributed by atoms with Crippen LogP contribution >= 0.6 is 0 Å². The van der Waals surface area contributed by atoms with Gasteiger partial charge in [0.2, 0.25) is 0 Å². The van der Waals surface area contributed by atoms with Crippen molar-refractivity contribution in [2.24, 2.45) is 0 Å². The summed E-state index contributed by atoms with van der Waals surface area (Å²) < 4.78 is 16.4. The van der Waals surface area contributed by atoms with E-state index >= 15 is 0 Å². The van der Waals surface area contributed by atoms with E-state index < -0.39 is 12.2 Å². The van der Waals surface area contributed by atoms with Gasteiger partial charge in [-0.1, -0.05) is 30.3 Å². The minimum absolute atomic E-state index is 0.0370. The maximum Gasteiger partial charge on any atom is 0.254 e. The first-order valence-corrected chi connectivity index (χ1v) is 10.4. The fourth-order valence-corrected chi connectivity index (χ4v) is 3.56. The summed E-state index contributed by atoms with van der Waals surface area (Å²) in [4.78, 5) is 16.8. The van der Waals surface area contributed by atoms with Crippen molar-refractivity contribution in [1.29, 1.82) is 0 Å². The number of hydrogen-bond acceptors (Lipinski definition) is 6. The molecule has 1 fully saturated rings. The van der Waals surface area contributed by atoms with Gasteiger partial charge in [0.1, 0.15) is 0 Å². The maximum absolute atomic E-state index is 12.9. The Bertz CT molecular complexity index is 578. The molecule has 0 spiro atoms. The Labute approximate surface area is 174 Å². The molecule has 1 aliphatic heterocycles. The number of likely N-dealkylation sites (N-methyl/N-ethyl adjacent to an activating group) is 1. The molecule has 29 heavy (non-hydrogen) atoms. The normalized spacial score (nSPS) is 22.0. The number of ether oxygens (including phenoxy) is 3. The van der Waals surface area contributed by atoms with Crippen LogP contribution in [0.4, 0.5) is 0 Å². The zero-order chi connectivity index (χ0) is 21.1. The average molecular weight is 409 g/mol. The molecule has 0 saturated carbocycles. The lowest BCUT2D eigenvalue weighted by molar-refractivity contribution is -0.167. The number of benzene rings is 1. The summed E-state index contributed by atoms with van der Waals surface area (Å²) in [5.74, 6) is -0.165. The van der Waals surface area contributed by atoms with E-state index in [0.29, 0.717) is 26.2 Å². The van der Waals surface area contributed by atoms with Crippen LogP contribution in [-0.2, 0) is 25.5 Å². The van der Waals surface area contributed by atoms with Gasteiger partial charge in [-0.15, -0.1) is 0 Å². The van der Waals surface area contributed by atoms with Gasteiger partial charge in [-0.3, -0.25) is 9.69 Å². The molecular formula is C22H36N2O5. The van der Waals surface area contributed by atoms with Crippen LogP contribution in [0.2, 0.25) is 0 Å². The molecule has 7 nitrogen and oxygen atoms in total. The van der Waals surface area contributed by atoms with Gasteiger partial charge in [0.15, 0.2) is 6.10 Å². The molecular weight excluding hydrogens is 372 g/mol. The Morgan fingerprint density at radius 1 is 1.10 bits per heavy atom. The molecule has 3 unspecified atom stereocenters. The molecule has 0 radical (unpaired) electrons. The van der Waals surface area contributed by atoms with Gasteiger partial charge in [-0.25, -0.2) is 0 Å². The molecule has 0 aliphatic carbocycles. The molecule has 1 N–H and O–H groups in total. The van der Waals surface area contributed by atoms with Gasteiger partial charge in [-0.05, 0) is 24.8 Å². The second-order valence-corrected chi connectivity index (χ2v) is 7.62. The minimum atomic E-state index is -0.797. The average Bonchev–Trinajstić information content (AvgIpc) is 2.74. The van der Waals surface area contributed by atoms with Crippen LogP contribution < -0.4 is 0 Å². The highest BCUT2D eigenvalue weighted by Gasteiger charge is 2.36. The van der Waals surface area contributed by atoms with Gasteiger partial charge in [0.25, 0.3) is 5.91 Å². The lowest BCUT2D eigenvalue weighted by Gasteiger charge is -2.36. The maximum atomic E-state index is 12.9. The highest BCUT2D eigenvalue weighted by atomic mass is 16.5. The van der Waals surface area contributed by atoms with Crippen molar-refractivity contribution in [1.82, 2.24) is 9.80 Å². The summed E-state index contributed by atoms with van der Waals surface area (Å²) in [5, 5.41) is 10.4. The zero-order valence-electron chi connectivity index (χ0n) is 18.0. The number of methoxy groups -OCH3 is 2. The van der Waals surface area contributed by atoms with Crippen LogP contribution in [0.5, 0.6) is 0 Å². The van der Waals surface area contributed by atoms with Crippen molar-refractivity contribution in [2.75, 3.05) is 54.1 Å². The van der Waals surface area contributed by atoms with Crippen molar-refractivity contribution in [3.8, 4) is 0 Å². The first-order chi connectivity index (χ1) is 14.0. The highest BCUT2D eigenvalue weighted by molar-refractivity contribution is 5.81. The van der Waals surface area contributed by atoms with Crippen molar-refractivity contribution >= 4 is 5.91 Å². The second-order valence-electron chi connectivity index (χ2n) is 7.62. The summed E-state index contributed by atoms with van der Waals surface area (Å²) in [5.41, 5.74) is 1.05. The van der Waals surface area contributed by atoms with Crippen LogP contribution in [0.1, 0.15) is 24.8 Å². The van der Waals surface area contributed by atoms with Gasteiger partial charge in [0.05, 0.1) is 25.4 Å². The number of amides is 1. The number of hydrogen-bond donors (Lipinski definition) is 1. The van der Waals surface area contributed by atoms with E-state index in [1.807, 2.05) is 30.3 Å². The Morgan fingerprint density at radius 2 is 1.76 bits per heavy atom. The van der Waals surface area contributed by atoms with Crippen molar-refractivity contribution < 1.29 is 24.1 Å². The van der Waals surface area contributed by atoms with E-state index in [2.05, 4.69) is 4.90 Å². The smallest absolute Gasteiger partial charge is 0.254 e. The van der Waals surface area contributed by atoms with E-state index in [9.17, 15) is 9.90 Å². The molecule has 1 saturated heterocycles. The highest BCUT2D eigenvalue weighted by Crippen LogP contribution is 2.24. The van der Waals surface area contributed by atoms with Gasteiger partial charge in [-0.2, -0.15) is 0 Å². The number of aliphatic hydroxyl groups is 1. The monoisotopic (exact) mass is 408 g/mol. The summed E-state index contributed by atoms with van der Waals surface area (Å²) in [7, 11) is 5.15. The third-order valence-corrected chi connectivity index (χ3v) is 5.35. The number of carbonyl (C=O) groups excluding carboxylic acids is 1. The molecule has 1 amide bonds. The first-order valence-electron chi connectivity index (χ1n) is 10.4. The lowest BCUT2D eigenvalue weighted by atomic mass is 9.98. The van der Waals surface area contributed by atoms with Gasteiger partial charge in [0, 0.05) is 47.4 Å². The standard InChI is InChI=1S/C22H36N2O5/c1-23(17-18-7-5-4-6-8-18)22(26)21-20(25)10-9-19(29-21)11-12-24(13-15-27-2)14-16-28-3/h4-8,19-21,25H,9-17H2,1-3H3. The molecule has 1 aliphatic rings. The molecule has 1 aromatic carbocycles.